The molecular weight excluding hydrogens is 352 g/mol. The highest BCUT2D eigenvalue weighted by atomic mass is 16.5. The van der Waals surface area contributed by atoms with Crippen molar-refractivity contribution in [3.05, 3.63) is 47.3 Å². The number of nitrogens with zero attached hydrogens (tertiary/aromatic N) is 5. The zero-order valence-electron chi connectivity index (χ0n) is 17.6. The molecule has 0 spiro atoms. The van der Waals surface area contributed by atoms with E-state index in [4.69, 9.17) is 9.73 Å². The summed E-state index contributed by atoms with van der Waals surface area (Å²) in [5.74, 6) is 0.941. The minimum absolute atomic E-state index is 0.0208. The molecule has 1 unspecified atom stereocenters. The number of anilines is 1. The fourth-order valence-corrected chi connectivity index (χ4v) is 3.37. The van der Waals surface area contributed by atoms with E-state index in [2.05, 4.69) is 66.4 Å². The van der Waals surface area contributed by atoms with E-state index in [-0.39, 0.29) is 6.10 Å². The lowest BCUT2D eigenvalue weighted by atomic mass is 10.1. The molecule has 7 heteroatoms. The van der Waals surface area contributed by atoms with Crippen molar-refractivity contribution in [2.24, 2.45) is 12.0 Å². The van der Waals surface area contributed by atoms with E-state index in [0.717, 1.165) is 31.2 Å². The average Bonchev–Trinajstić information content (AvgIpc) is 3.12. The lowest BCUT2D eigenvalue weighted by molar-refractivity contribution is -0.00805. The molecule has 1 N–H and O–H groups in total. The monoisotopic (exact) mass is 384 g/mol. The topological polar surface area (TPSA) is 57.9 Å². The molecule has 1 fully saturated rings. The molecule has 7 nitrogen and oxygen atoms in total. The van der Waals surface area contributed by atoms with Gasteiger partial charge in [0.05, 0.1) is 25.9 Å². The highest BCUT2D eigenvalue weighted by Crippen LogP contribution is 2.22. The summed E-state index contributed by atoms with van der Waals surface area (Å²) < 4.78 is 7.79. The third kappa shape index (κ3) is 4.84. The van der Waals surface area contributed by atoms with Gasteiger partial charge in [-0.3, -0.25) is 4.68 Å². The van der Waals surface area contributed by atoms with E-state index in [9.17, 15) is 0 Å². The van der Waals surface area contributed by atoms with Crippen LogP contribution in [0.15, 0.2) is 35.6 Å². The summed E-state index contributed by atoms with van der Waals surface area (Å²) in [6.45, 7) is 8.05. The summed E-state index contributed by atoms with van der Waals surface area (Å²) in [6, 6.07) is 6.54. The average molecular weight is 385 g/mol. The number of rotatable bonds is 5. The summed E-state index contributed by atoms with van der Waals surface area (Å²) in [6.07, 6.45) is 3.93. The molecule has 0 radical (unpaired) electrons. The van der Waals surface area contributed by atoms with Crippen molar-refractivity contribution in [3.8, 4) is 0 Å². The Labute approximate surface area is 168 Å². The Bertz CT molecular complexity index is 813. The number of guanidine groups is 1. The van der Waals surface area contributed by atoms with Crippen molar-refractivity contribution in [1.82, 2.24) is 20.0 Å². The molecule has 0 aliphatic carbocycles. The molecule has 3 rings (SSSR count). The highest BCUT2D eigenvalue weighted by Gasteiger charge is 2.25. The van der Waals surface area contributed by atoms with Gasteiger partial charge in [0.2, 0.25) is 0 Å². The van der Waals surface area contributed by atoms with Gasteiger partial charge in [-0.25, -0.2) is 4.99 Å². The van der Waals surface area contributed by atoms with Gasteiger partial charge in [0.15, 0.2) is 5.96 Å². The van der Waals surface area contributed by atoms with Crippen molar-refractivity contribution in [1.29, 1.82) is 0 Å². The molecule has 28 heavy (non-hydrogen) atoms. The van der Waals surface area contributed by atoms with Crippen LogP contribution in [0.3, 0.4) is 0 Å². The zero-order chi connectivity index (χ0) is 20.1. The number of benzene rings is 1. The maximum absolute atomic E-state index is 5.97. The maximum Gasteiger partial charge on any atom is 0.194 e. The zero-order valence-corrected chi connectivity index (χ0v) is 17.6. The number of morpholine rings is 1. The number of hydrogen-bond donors (Lipinski definition) is 1. The Hall–Kier alpha value is -2.54. The van der Waals surface area contributed by atoms with Crippen molar-refractivity contribution < 1.29 is 4.74 Å². The van der Waals surface area contributed by atoms with Gasteiger partial charge in [0, 0.05) is 51.7 Å². The Morgan fingerprint density at radius 2 is 2.21 bits per heavy atom. The molecule has 2 aromatic rings. The maximum atomic E-state index is 5.97. The van der Waals surface area contributed by atoms with Crippen LogP contribution >= 0.6 is 0 Å². The fourth-order valence-electron chi connectivity index (χ4n) is 3.37. The van der Waals surface area contributed by atoms with Gasteiger partial charge in [-0.2, -0.15) is 5.10 Å². The first-order chi connectivity index (χ1) is 13.5. The molecule has 1 atom stereocenters. The molecule has 0 bridgehead atoms. The molecule has 1 aliphatic rings. The largest absolute Gasteiger partial charge is 0.378 e. The smallest absolute Gasteiger partial charge is 0.194 e. The molecule has 1 saturated heterocycles. The molecule has 2 heterocycles. The Kier molecular flexibility index (Phi) is 6.57. The number of aliphatic imine (C=N–C) groups is 1. The second-order valence-electron chi connectivity index (χ2n) is 7.43. The first-order valence-corrected chi connectivity index (χ1v) is 9.88. The van der Waals surface area contributed by atoms with Crippen LogP contribution in [0.5, 0.6) is 0 Å². The van der Waals surface area contributed by atoms with Crippen molar-refractivity contribution in [3.63, 3.8) is 0 Å². The number of ether oxygens (including phenoxy) is 1. The predicted octanol–water partition coefficient (Wildman–Crippen LogP) is 2.33. The standard InChI is InChI=1S/C21H32N6O/c1-6-22-21(23-12-17-7-8-19(25(3)4)11-16(17)2)27-9-10-28-20(15-27)18-13-24-26(5)14-18/h7-8,11,13-14,20H,6,9-10,12,15H2,1-5H3,(H,22,23). The molecule has 0 amide bonds. The summed E-state index contributed by atoms with van der Waals surface area (Å²) in [5.41, 5.74) is 4.84. The number of hydrogen-bond acceptors (Lipinski definition) is 4. The van der Waals surface area contributed by atoms with E-state index in [1.807, 2.05) is 24.1 Å². The summed E-state index contributed by atoms with van der Waals surface area (Å²) >= 11 is 0. The van der Waals surface area contributed by atoms with Gasteiger partial charge in [-0.1, -0.05) is 6.07 Å². The molecule has 1 aromatic carbocycles. The van der Waals surface area contributed by atoms with Crippen molar-refractivity contribution >= 4 is 11.6 Å². The third-order valence-electron chi connectivity index (χ3n) is 5.04. The molecule has 0 saturated carbocycles. The van der Waals surface area contributed by atoms with Crippen molar-refractivity contribution in [2.75, 3.05) is 45.2 Å². The van der Waals surface area contributed by atoms with Crippen LogP contribution in [0.1, 0.15) is 29.7 Å². The summed E-state index contributed by atoms with van der Waals surface area (Å²) in [7, 11) is 6.06. The van der Waals surface area contributed by atoms with Crippen LogP contribution in [0, 0.1) is 6.92 Å². The van der Waals surface area contributed by atoms with Crippen LogP contribution in [0.4, 0.5) is 5.69 Å². The molecular formula is C21H32N6O. The second-order valence-corrected chi connectivity index (χ2v) is 7.43. The minimum Gasteiger partial charge on any atom is -0.378 e. The van der Waals surface area contributed by atoms with E-state index in [1.165, 1.54) is 16.8 Å². The first kappa shape index (κ1) is 20.2. The van der Waals surface area contributed by atoms with Crippen LogP contribution in [0.2, 0.25) is 0 Å². The van der Waals surface area contributed by atoms with Gasteiger partial charge >= 0.3 is 0 Å². The predicted molar refractivity (Wildman–Crippen MR) is 114 cm³/mol. The van der Waals surface area contributed by atoms with Crippen LogP contribution in [-0.4, -0.2) is 61.0 Å². The lowest BCUT2D eigenvalue weighted by Crippen LogP contribution is -2.48. The van der Waals surface area contributed by atoms with Gasteiger partial charge in [0.1, 0.15) is 6.10 Å². The normalized spacial score (nSPS) is 17.7. The Balaban J connectivity index is 1.73. The van der Waals surface area contributed by atoms with E-state index < -0.39 is 0 Å². The van der Waals surface area contributed by atoms with Crippen LogP contribution in [0.25, 0.3) is 0 Å². The second kappa shape index (κ2) is 9.10. The molecule has 152 valence electrons. The summed E-state index contributed by atoms with van der Waals surface area (Å²) in [5, 5.41) is 7.71. The molecule has 1 aliphatic heterocycles. The quantitative estimate of drug-likeness (QED) is 0.633. The van der Waals surface area contributed by atoms with Gasteiger partial charge < -0.3 is 19.9 Å². The van der Waals surface area contributed by atoms with E-state index in [1.54, 1.807) is 0 Å². The van der Waals surface area contributed by atoms with E-state index in [0.29, 0.717) is 13.2 Å². The van der Waals surface area contributed by atoms with Gasteiger partial charge in [-0.15, -0.1) is 0 Å². The Morgan fingerprint density at radius 1 is 1.39 bits per heavy atom. The van der Waals surface area contributed by atoms with E-state index >= 15 is 0 Å². The Morgan fingerprint density at radius 3 is 2.86 bits per heavy atom. The molecule has 1 aromatic heterocycles. The number of nitrogens with one attached hydrogen (secondary N) is 1. The third-order valence-corrected chi connectivity index (χ3v) is 5.04. The first-order valence-electron chi connectivity index (χ1n) is 9.88. The van der Waals surface area contributed by atoms with Crippen molar-refractivity contribution in [2.45, 2.75) is 26.5 Å². The number of aryl methyl sites for hydroxylation is 2. The fraction of sp³-hybridized carbons (Fsp3) is 0.524. The number of aromatic nitrogens is 2. The SMILES string of the molecule is CCNC(=NCc1ccc(N(C)C)cc1C)N1CCOC(c2cnn(C)c2)C1. The minimum atomic E-state index is 0.0208. The summed E-state index contributed by atoms with van der Waals surface area (Å²) in [4.78, 5) is 9.32. The highest BCUT2D eigenvalue weighted by molar-refractivity contribution is 5.80. The van der Waals surface area contributed by atoms with Crippen LogP contribution < -0.4 is 10.2 Å². The lowest BCUT2D eigenvalue weighted by Gasteiger charge is -2.34. The van der Waals surface area contributed by atoms with Gasteiger partial charge in [-0.05, 0) is 37.1 Å². The van der Waals surface area contributed by atoms with Crippen LogP contribution in [-0.2, 0) is 18.3 Å². The van der Waals surface area contributed by atoms with Gasteiger partial charge in [0.25, 0.3) is 0 Å².